The first-order chi connectivity index (χ1) is 15.3. The number of carbonyl (C=O) groups excluding carboxylic acids is 1. The Morgan fingerprint density at radius 2 is 1.56 bits per heavy atom. The summed E-state index contributed by atoms with van der Waals surface area (Å²) in [5, 5.41) is 3.00. The fourth-order valence-electron chi connectivity index (χ4n) is 3.93. The number of hydrogen-bond donors (Lipinski definition) is 1. The molecule has 2 unspecified atom stereocenters. The SMILES string of the molecule is COc1ccc(C2CN(S(=O)(=O)c3ccc(OC)cc3)CC2C(=O)NCCC(C)C)cc1. The molecule has 0 aromatic heterocycles. The van der Waals surface area contributed by atoms with Crippen LogP contribution in [0.1, 0.15) is 31.7 Å². The summed E-state index contributed by atoms with van der Waals surface area (Å²) < 4.78 is 38.4. The number of methoxy groups -OCH3 is 2. The quantitative estimate of drug-likeness (QED) is 0.621. The van der Waals surface area contributed by atoms with E-state index in [1.807, 2.05) is 24.3 Å². The summed E-state index contributed by atoms with van der Waals surface area (Å²) in [5.74, 6) is 0.954. The molecule has 3 rings (SSSR count). The highest BCUT2D eigenvalue weighted by Gasteiger charge is 2.43. The molecule has 1 fully saturated rings. The van der Waals surface area contributed by atoms with Crippen molar-refractivity contribution in [2.24, 2.45) is 11.8 Å². The van der Waals surface area contributed by atoms with Crippen LogP contribution < -0.4 is 14.8 Å². The Balaban J connectivity index is 1.86. The molecule has 2 aromatic carbocycles. The summed E-state index contributed by atoms with van der Waals surface area (Å²) in [7, 11) is -0.615. The molecule has 174 valence electrons. The van der Waals surface area contributed by atoms with Crippen LogP contribution in [0.5, 0.6) is 11.5 Å². The highest BCUT2D eigenvalue weighted by atomic mass is 32.2. The molecule has 7 nitrogen and oxygen atoms in total. The topological polar surface area (TPSA) is 84.9 Å². The van der Waals surface area contributed by atoms with Crippen molar-refractivity contribution in [2.75, 3.05) is 33.9 Å². The number of benzene rings is 2. The molecule has 0 saturated carbocycles. The maximum atomic E-state index is 13.3. The van der Waals surface area contributed by atoms with Crippen molar-refractivity contribution in [3.05, 3.63) is 54.1 Å². The fraction of sp³-hybridized carbons (Fsp3) is 0.458. The molecule has 2 atom stereocenters. The Morgan fingerprint density at radius 1 is 1.00 bits per heavy atom. The van der Waals surface area contributed by atoms with Crippen molar-refractivity contribution in [2.45, 2.75) is 31.1 Å². The summed E-state index contributed by atoms with van der Waals surface area (Å²) in [5.41, 5.74) is 0.919. The van der Waals surface area contributed by atoms with Crippen LogP contribution in [0.15, 0.2) is 53.4 Å². The largest absolute Gasteiger partial charge is 0.497 e. The van der Waals surface area contributed by atoms with E-state index in [-0.39, 0.29) is 29.8 Å². The van der Waals surface area contributed by atoms with Crippen LogP contribution in [-0.2, 0) is 14.8 Å². The number of nitrogens with one attached hydrogen (secondary N) is 1. The molecule has 0 radical (unpaired) electrons. The number of ether oxygens (including phenoxy) is 2. The summed E-state index contributed by atoms with van der Waals surface area (Å²) in [6.45, 7) is 5.16. The Kier molecular flexibility index (Phi) is 7.79. The second-order valence-corrected chi connectivity index (χ2v) is 10.4. The second-order valence-electron chi connectivity index (χ2n) is 8.46. The van der Waals surface area contributed by atoms with E-state index in [0.717, 1.165) is 12.0 Å². The van der Waals surface area contributed by atoms with Crippen molar-refractivity contribution in [3.8, 4) is 11.5 Å². The smallest absolute Gasteiger partial charge is 0.243 e. The van der Waals surface area contributed by atoms with E-state index in [9.17, 15) is 13.2 Å². The number of rotatable bonds is 9. The molecular formula is C24H32N2O5S. The number of carbonyl (C=O) groups is 1. The minimum atomic E-state index is -3.74. The van der Waals surface area contributed by atoms with Gasteiger partial charge >= 0.3 is 0 Å². The first kappa shape index (κ1) is 24.1. The van der Waals surface area contributed by atoms with Gasteiger partial charge in [0.1, 0.15) is 11.5 Å². The molecule has 8 heteroatoms. The van der Waals surface area contributed by atoms with Gasteiger partial charge in [-0.25, -0.2) is 8.42 Å². The minimum absolute atomic E-state index is 0.112. The maximum absolute atomic E-state index is 13.3. The van der Waals surface area contributed by atoms with E-state index in [2.05, 4.69) is 19.2 Å². The molecule has 32 heavy (non-hydrogen) atoms. The van der Waals surface area contributed by atoms with Crippen molar-refractivity contribution < 1.29 is 22.7 Å². The van der Waals surface area contributed by atoms with Crippen LogP contribution in [0.4, 0.5) is 0 Å². The van der Waals surface area contributed by atoms with Gasteiger partial charge in [-0.3, -0.25) is 4.79 Å². The average Bonchev–Trinajstić information content (AvgIpc) is 3.25. The fourth-order valence-corrected chi connectivity index (χ4v) is 5.42. The van der Waals surface area contributed by atoms with Crippen molar-refractivity contribution in [1.82, 2.24) is 9.62 Å². The lowest BCUT2D eigenvalue weighted by atomic mass is 9.88. The van der Waals surface area contributed by atoms with Crippen LogP contribution in [0.3, 0.4) is 0 Å². The van der Waals surface area contributed by atoms with Crippen LogP contribution in [-0.4, -0.2) is 52.5 Å². The van der Waals surface area contributed by atoms with Crippen LogP contribution in [0, 0.1) is 11.8 Å². The Labute approximate surface area is 190 Å². The second kappa shape index (κ2) is 10.4. The van der Waals surface area contributed by atoms with Gasteiger partial charge in [0.15, 0.2) is 0 Å². The van der Waals surface area contributed by atoms with E-state index in [4.69, 9.17) is 9.47 Å². The van der Waals surface area contributed by atoms with Crippen LogP contribution in [0.25, 0.3) is 0 Å². The highest BCUT2D eigenvalue weighted by Crippen LogP contribution is 2.36. The molecule has 1 amide bonds. The third kappa shape index (κ3) is 5.42. The Bertz CT molecular complexity index is 1000. The van der Waals surface area contributed by atoms with E-state index in [1.54, 1.807) is 19.2 Å². The monoisotopic (exact) mass is 460 g/mol. The molecule has 0 spiro atoms. The third-order valence-corrected chi connectivity index (χ3v) is 7.73. The molecule has 0 aliphatic carbocycles. The lowest BCUT2D eigenvalue weighted by Crippen LogP contribution is -2.36. The molecule has 1 aliphatic rings. The molecule has 0 bridgehead atoms. The minimum Gasteiger partial charge on any atom is -0.497 e. The Morgan fingerprint density at radius 3 is 2.09 bits per heavy atom. The lowest BCUT2D eigenvalue weighted by molar-refractivity contribution is -0.124. The number of hydrogen-bond acceptors (Lipinski definition) is 5. The zero-order valence-corrected chi connectivity index (χ0v) is 19.9. The standard InChI is InChI=1S/C24H32N2O5S/c1-17(2)13-14-25-24(27)23-16-26(15-22(23)18-5-7-19(30-3)8-6-18)32(28,29)21-11-9-20(31-4)10-12-21/h5-12,17,22-23H,13-16H2,1-4H3,(H,25,27). The number of amides is 1. The van der Waals surface area contributed by atoms with E-state index in [1.165, 1.54) is 23.5 Å². The maximum Gasteiger partial charge on any atom is 0.243 e. The highest BCUT2D eigenvalue weighted by molar-refractivity contribution is 7.89. The van der Waals surface area contributed by atoms with Gasteiger partial charge in [0.2, 0.25) is 15.9 Å². The zero-order chi connectivity index (χ0) is 23.3. The average molecular weight is 461 g/mol. The molecule has 1 heterocycles. The summed E-state index contributed by atoms with van der Waals surface area (Å²) in [4.78, 5) is 13.2. The van der Waals surface area contributed by atoms with Gasteiger partial charge in [-0.1, -0.05) is 26.0 Å². The molecule has 1 N–H and O–H groups in total. The number of sulfonamides is 1. The summed E-state index contributed by atoms with van der Waals surface area (Å²) in [6.07, 6.45) is 0.875. The van der Waals surface area contributed by atoms with Gasteiger partial charge in [-0.15, -0.1) is 0 Å². The summed E-state index contributed by atoms with van der Waals surface area (Å²) in [6, 6.07) is 13.8. The predicted molar refractivity (Wildman–Crippen MR) is 123 cm³/mol. The number of nitrogens with zero attached hydrogens (tertiary/aromatic N) is 1. The van der Waals surface area contributed by atoms with E-state index >= 15 is 0 Å². The molecule has 2 aromatic rings. The Hall–Kier alpha value is -2.58. The zero-order valence-electron chi connectivity index (χ0n) is 19.1. The van der Waals surface area contributed by atoms with Crippen molar-refractivity contribution >= 4 is 15.9 Å². The van der Waals surface area contributed by atoms with Gasteiger partial charge in [0, 0.05) is 25.6 Å². The first-order valence-electron chi connectivity index (χ1n) is 10.8. The normalized spacial score (nSPS) is 19.2. The van der Waals surface area contributed by atoms with Gasteiger partial charge in [0.25, 0.3) is 0 Å². The molecule has 1 aliphatic heterocycles. The van der Waals surface area contributed by atoms with Gasteiger partial charge in [-0.2, -0.15) is 4.31 Å². The predicted octanol–water partition coefficient (Wildman–Crippen LogP) is 3.27. The summed E-state index contributed by atoms with van der Waals surface area (Å²) >= 11 is 0. The van der Waals surface area contributed by atoms with Gasteiger partial charge < -0.3 is 14.8 Å². The lowest BCUT2D eigenvalue weighted by Gasteiger charge is -2.19. The van der Waals surface area contributed by atoms with E-state index in [0.29, 0.717) is 24.0 Å². The van der Waals surface area contributed by atoms with Crippen molar-refractivity contribution in [3.63, 3.8) is 0 Å². The first-order valence-corrected chi connectivity index (χ1v) is 12.3. The van der Waals surface area contributed by atoms with Gasteiger partial charge in [0.05, 0.1) is 25.0 Å². The molecule has 1 saturated heterocycles. The van der Waals surface area contributed by atoms with Gasteiger partial charge in [-0.05, 0) is 54.3 Å². The van der Waals surface area contributed by atoms with Crippen molar-refractivity contribution in [1.29, 1.82) is 0 Å². The van der Waals surface area contributed by atoms with Crippen LogP contribution >= 0.6 is 0 Å². The molecular weight excluding hydrogens is 428 g/mol. The third-order valence-electron chi connectivity index (χ3n) is 5.89. The van der Waals surface area contributed by atoms with Crippen LogP contribution in [0.2, 0.25) is 0 Å². The van der Waals surface area contributed by atoms with E-state index < -0.39 is 15.9 Å².